The van der Waals surface area contributed by atoms with Crippen molar-refractivity contribution in [3.05, 3.63) is 47.3 Å². The van der Waals surface area contributed by atoms with E-state index in [-0.39, 0.29) is 17.4 Å². The number of hydrogen-bond acceptors (Lipinski definition) is 5. The Hall–Kier alpha value is -2.68. The van der Waals surface area contributed by atoms with Gasteiger partial charge in [-0.15, -0.1) is 0 Å². The third kappa shape index (κ3) is 4.09. The van der Waals surface area contributed by atoms with Crippen molar-refractivity contribution in [3.8, 4) is 0 Å². The van der Waals surface area contributed by atoms with Crippen LogP contribution in [0, 0.1) is 5.92 Å². The third-order valence-electron chi connectivity index (χ3n) is 4.79. The second-order valence-corrected chi connectivity index (χ2v) is 7.04. The Morgan fingerprint density at radius 1 is 1.32 bits per heavy atom. The Morgan fingerprint density at radius 2 is 2.07 bits per heavy atom. The summed E-state index contributed by atoms with van der Waals surface area (Å²) >= 11 is 0. The molecule has 3 rings (SSSR count). The first kappa shape index (κ1) is 20.1. The van der Waals surface area contributed by atoms with E-state index in [9.17, 15) is 18.0 Å². The average molecular weight is 392 g/mol. The van der Waals surface area contributed by atoms with Crippen molar-refractivity contribution in [2.24, 2.45) is 5.92 Å². The normalized spacial score (nSPS) is 17.8. The van der Waals surface area contributed by atoms with Gasteiger partial charge in [-0.25, -0.2) is 9.97 Å². The van der Waals surface area contributed by atoms with E-state index >= 15 is 0 Å². The maximum Gasteiger partial charge on any atom is 0.418 e. The Bertz CT molecular complexity index is 869. The average Bonchev–Trinajstić information content (AvgIpc) is 2.66. The number of ketones is 1. The lowest BCUT2D eigenvalue weighted by Gasteiger charge is -2.36. The number of hydrogen-bond donors (Lipinski definition) is 1. The van der Waals surface area contributed by atoms with E-state index in [0.29, 0.717) is 31.4 Å². The molecule has 1 saturated heterocycles. The molecule has 0 spiro atoms. The van der Waals surface area contributed by atoms with Gasteiger partial charge in [-0.2, -0.15) is 13.2 Å². The SMILES string of the molecule is CC(C)[C@H]1CN(c2ccc(C(F)(F)F)c(C(=O)c3cccnc3[NH])n2)CCN1. The van der Waals surface area contributed by atoms with Crippen molar-refractivity contribution in [3.63, 3.8) is 0 Å². The molecule has 0 aliphatic carbocycles. The molecule has 2 aromatic heterocycles. The summed E-state index contributed by atoms with van der Waals surface area (Å²) < 4.78 is 40.5. The minimum absolute atomic E-state index is 0.176. The fourth-order valence-corrected chi connectivity index (χ4v) is 3.18. The highest BCUT2D eigenvalue weighted by molar-refractivity contribution is 6.11. The van der Waals surface area contributed by atoms with Gasteiger partial charge in [0.15, 0.2) is 5.82 Å². The molecule has 0 saturated carbocycles. The Kier molecular flexibility index (Phi) is 5.55. The first-order valence-corrected chi connectivity index (χ1v) is 8.96. The van der Waals surface area contributed by atoms with Crippen LogP contribution in [-0.2, 0) is 6.18 Å². The van der Waals surface area contributed by atoms with Crippen LogP contribution in [0.3, 0.4) is 0 Å². The van der Waals surface area contributed by atoms with Gasteiger partial charge in [0, 0.05) is 31.9 Å². The summed E-state index contributed by atoms with van der Waals surface area (Å²) in [5.74, 6) is -0.670. The molecule has 2 aromatic rings. The van der Waals surface area contributed by atoms with Crippen molar-refractivity contribution >= 4 is 17.4 Å². The van der Waals surface area contributed by atoms with E-state index in [1.807, 2.05) is 4.90 Å². The number of carbonyl (C=O) groups excluding carboxylic acids is 1. The summed E-state index contributed by atoms with van der Waals surface area (Å²) in [5.41, 5.74) is 5.72. The highest BCUT2D eigenvalue weighted by Crippen LogP contribution is 2.34. The van der Waals surface area contributed by atoms with Crippen LogP contribution in [-0.4, -0.2) is 41.4 Å². The van der Waals surface area contributed by atoms with Crippen molar-refractivity contribution in [2.75, 3.05) is 24.5 Å². The summed E-state index contributed by atoms with van der Waals surface area (Å²) in [7, 11) is 0. The zero-order valence-electron chi connectivity index (χ0n) is 15.5. The molecule has 0 unspecified atom stereocenters. The van der Waals surface area contributed by atoms with Crippen LogP contribution in [0.4, 0.5) is 24.8 Å². The number of rotatable bonds is 4. The third-order valence-corrected chi connectivity index (χ3v) is 4.79. The van der Waals surface area contributed by atoms with E-state index in [0.717, 1.165) is 6.07 Å². The van der Waals surface area contributed by atoms with Crippen molar-refractivity contribution < 1.29 is 18.0 Å². The van der Waals surface area contributed by atoms with Crippen LogP contribution in [0.2, 0.25) is 0 Å². The van der Waals surface area contributed by atoms with Crippen molar-refractivity contribution in [1.29, 1.82) is 0 Å². The molecule has 6 nitrogen and oxygen atoms in total. The minimum Gasteiger partial charge on any atom is -0.354 e. The number of piperazine rings is 1. The van der Waals surface area contributed by atoms with Gasteiger partial charge in [0.1, 0.15) is 11.5 Å². The van der Waals surface area contributed by atoms with Gasteiger partial charge in [-0.3, -0.25) is 10.5 Å². The largest absolute Gasteiger partial charge is 0.418 e. The molecular weight excluding hydrogens is 371 g/mol. The van der Waals surface area contributed by atoms with Gasteiger partial charge in [0.2, 0.25) is 5.78 Å². The zero-order chi connectivity index (χ0) is 20.5. The smallest absolute Gasteiger partial charge is 0.354 e. The second kappa shape index (κ2) is 7.75. The molecule has 1 atom stereocenters. The molecular formula is C19H21F3N5O. The molecule has 0 aromatic carbocycles. The van der Waals surface area contributed by atoms with Crippen LogP contribution in [0.15, 0.2) is 30.5 Å². The van der Waals surface area contributed by atoms with Crippen molar-refractivity contribution in [2.45, 2.75) is 26.1 Å². The van der Waals surface area contributed by atoms with Gasteiger partial charge in [-0.05, 0) is 30.2 Å². The Balaban J connectivity index is 2.03. The van der Waals surface area contributed by atoms with Crippen LogP contribution >= 0.6 is 0 Å². The highest BCUT2D eigenvalue weighted by Gasteiger charge is 2.37. The molecule has 0 amide bonds. The molecule has 1 radical (unpaired) electrons. The fraction of sp³-hybridized carbons (Fsp3) is 0.421. The fourth-order valence-electron chi connectivity index (χ4n) is 3.18. The first-order valence-electron chi connectivity index (χ1n) is 8.96. The number of alkyl halides is 3. The van der Waals surface area contributed by atoms with Crippen LogP contribution in [0.5, 0.6) is 0 Å². The minimum atomic E-state index is -4.73. The number of halogens is 3. The Labute approximate surface area is 161 Å². The van der Waals surface area contributed by atoms with Crippen LogP contribution in [0.1, 0.15) is 35.5 Å². The van der Waals surface area contributed by atoms with E-state index in [1.54, 1.807) is 0 Å². The summed E-state index contributed by atoms with van der Waals surface area (Å²) in [6, 6.07) is 5.06. The molecule has 2 N–H and O–H groups in total. The summed E-state index contributed by atoms with van der Waals surface area (Å²) in [4.78, 5) is 22.4. The first-order chi connectivity index (χ1) is 13.2. The van der Waals surface area contributed by atoms with E-state index in [4.69, 9.17) is 5.73 Å². The predicted molar refractivity (Wildman–Crippen MR) is 98.5 cm³/mol. The van der Waals surface area contributed by atoms with Gasteiger partial charge >= 0.3 is 6.18 Å². The summed E-state index contributed by atoms with van der Waals surface area (Å²) in [5, 5.41) is 3.38. The molecule has 1 fully saturated rings. The lowest BCUT2D eigenvalue weighted by Crippen LogP contribution is -2.53. The van der Waals surface area contributed by atoms with Crippen LogP contribution in [0.25, 0.3) is 0 Å². The number of pyridine rings is 2. The molecule has 3 heterocycles. The summed E-state index contributed by atoms with van der Waals surface area (Å²) in [6.45, 7) is 5.96. The molecule has 149 valence electrons. The Morgan fingerprint density at radius 3 is 2.71 bits per heavy atom. The lowest BCUT2D eigenvalue weighted by atomic mass is 10.0. The van der Waals surface area contributed by atoms with E-state index < -0.39 is 23.2 Å². The molecule has 9 heteroatoms. The standard InChI is InChI=1S/C19H21F3N5O/c1-11(2)14-10-27(9-8-24-14)15-6-5-13(19(20,21)22)16(26-15)17(28)12-4-3-7-25-18(12)23/h3-7,11,14,23-24H,8-10H2,1-2H3/t14-/m1/s1. The molecule has 0 bridgehead atoms. The molecule has 1 aliphatic heterocycles. The van der Waals surface area contributed by atoms with Gasteiger partial charge in [0.25, 0.3) is 0 Å². The highest BCUT2D eigenvalue weighted by atomic mass is 19.4. The molecule has 1 aliphatic rings. The van der Waals surface area contributed by atoms with Crippen LogP contribution < -0.4 is 16.0 Å². The maximum atomic E-state index is 13.5. The topological polar surface area (TPSA) is 81.9 Å². The number of nitrogens with zero attached hydrogens (tertiary/aromatic N) is 3. The number of anilines is 1. The second-order valence-electron chi connectivity index (χ2n) is 7.04. The number of carbonyl (C=O) groups is 1. The lowest BCUT2D eigenvalue weighted by molar-refractivity contribution is -0.138. The van der Waals surface area contributed by atoms with Gasteiger partial charge in [-0.1, -0.05) is 13.8 Å². The van der Waals surface area contributed by atoms with Crippen molar-refractivity contribution in [1.82, 2.24) is 21.0 Å². The van der Waals surface area contributed by atoms with Gasteiger partial charge in [0.05, 0.1) is 11.1 Å². The number of aromatic nitrogens is 2. The quantitative estimate of drug-likeness (QED) is 0.809. The number of nitrogens with one attached hydrogen (secondary N) is 2. The van der Waals surface area contributed by atoms with E-state index in [1.165, 1.54) is 24.4 Å². The maximum absolute atomic E-state index is 13.5. The van der Waals surface area contributed by atoms with Gasteiger partial charge < -0.3 is 10.2 Å². The zero-order valence-corrected chi connectivity index (χ0v) is 15.5. The van der Waals surface area contributed by atoms with E-state index in [2.05, 4.69) is 29.1 Å². The monoisotopic (exact) mass is 392 g/mol. The predicted octanol–water partition coefficient (Wildman–Crippen LogP) is 3.08. The summed E-state index contributed by atoms with van der Waals surface area (Å²) in [6.07, 6.45) is -3.43. The molecule has 28 heavy (non-hydrogen) atoms.